The smallest absolute Gasteiger partial charge is 0.253 e. The molecule has 0 bridgehead atoms. The number of hydrogen-bond donors (Lipinski definition) is 0. The zero-order chi connectivity index (χ0) is 37.0. The first-order chi connectivity index (χ1) is 27.1. The molecule has 56 heavy (non-hydrogen) atoms. The molecule has 4 aromatic carbocycles. The Labute approximate surface area is 337 Å². The molecule has 4 fully saturated rings. The molecule has 4 aliphatic heterocycles. The molecule has 2 unspecified atom stereocenters. The van der Waals surface area contributed by atoms with Crippen LogP contribution < -0.4 is 0 Å². The van der Waals surface area contributed by atoms with Gasteiger partial charge in [-0.3, -0.25) is 19.5 Å². The molecule has 9 nitrogen and oxygen atoms in total. The van der Waals surface area contributed by atoms with Gasteiger partial charge in [-0.15, -0.1) is 12.4 Å². The largest absolute Gasteiger partial charge is 0.337 e. The number of carbonyl (C=O) groups excluding carboxylic acids is 1. The maximum atomic E-state index is 12.9. The van der Waals surface area contributed by atoms with Crippen LogP contribution in [-0.2, 0) is 19.6 Å². The Morgan fingerprint density at radius 1 is 0.536 bits per heavy atom. The van der Waals surface area contributed by atoms with Gasteiger partial charge in [0.2, 0.25) is 0 Å². The lowest BCUT2D eigenvalue weighted by Crippen LogP contribution is -2.37. The lowest BCUT2D eigenvalue weighted by atomic mass is 10.1. The highest BCUT2D eigenvalue weighted by Gasteiger charge is 2.32. The van der Waals surface area contributed by atoms with Gasteiger partial charge >= 0.3 is 0 Å². The SMILES string of the molecule is Cl.O=C(c1ccc(Cn2cnc3ccccc32)cc1)N1CCC(N2CCCC2)C1.c1ccc2c(c1)ncn2Cc1ccc(CN2CCC(N3CCCC3)C2)cc1. The van der Waals surface area contributed by atoms with Gasteiger partial charge in [0.15, 0.2) is 0 Å². The first-order valence-electron chi connectivity index (χ1n) is 20.6. The van der Waals surface area contributed by atoms with Gasteiger partial charge in [0.05, 0.1) is 34.7 Å². The van der Waals surface area contributed by atoms with E-state index in [1.165, 1.54) is 93.6 Å². The molecule has 6 heterocycles. The van der Waals surface area contributed by atoms with Crippen LogP contribution >= 0.6 is 12.4 Å². The molecule has 4 saturated heterocycles. The molecule has 0 aliphatic carbocycles. The number of carbonyl (C=O) groups is 1. The van der Waals surface area contributed by atoms with E-state index >= 15 is 0 Å². The third-order valence-corrected chi connectivity index (χ3v) is 12.4. The maximum absolute atomic E-state index is 12.9. The Morgan fingerprint density at radius 2 is 1.00 bits per heavy atom. The van der Waals surface area contributed by atoms with E-state index in [9.17, 15) is 4.79 Å². The number of likely N-dealkylation sites (tertiary alicyclic amines) is 4. The Hall–Kier alpha value is -4.54. The monoisotopic (exact) mass is 770 g/mol. The molecule has 292 valence electrons. The molecule has 2 atom stereocenters. The van der Waals surface area contributed by atoms with E-state index < -0.39 is 0 Å². The molecule has 1 amide bonds. The van der Waals surface area contributed by atoms with Crippen molar-refractivity contribution in [3.05, 3.63) is 132 Å². The fourth-order valence-corrected chi connectivity index (χ4v) is 9.30. The molecular formula is C46H55ClN8O. The van der Waals surface area contributed by atoms with Gasteiger partial charge in [-0.05, 0) is 118 Å². The normalized spacial score (nSPS) is 20.5. The quantitative estimate of drug-likeness (QED) is 0.151. The Kier molecular flexibility index (Phi) is 12.1. The van der Waals surface area contributed by atoms with Crippen LogP contribution in [0.2, 0.25) is 0 Å². The van der Waals surface area contributed by atoms with Crippen molar-refractivity contribution in [2.24, 2.45) is 0 Å². The molecule has 0 spiro atoms. The van der Waals surface area contributed by atoms with Crippen LogP contribution in [0.1, 0.15) is 65.6 Å². The molecule has 4 aliphatic rings. The number of hydrogen-bond acceptors (Lipinski definition) is 6. The van der Waals surface area contributed by atoms with E-state index in [2.05, 4.69) is 94.5 Å². The number of amides is 1. The topological polar surface area (TPSA) is 65.7 Å². The fraction of sp³-hybridized carbons (Fsp3) is 0.413. The van der Waals surface area contributed by atoms with Gasteiger partial charge in [0, 0.05) is 63.5 Å². The average Bonchev–Trinajstić information content (AvgIpc) is 4.08. The van der Waals surface area contributed by atoms with Crippen LogP contribution in [0.5, 0.6) is 0 Å². The summed E-state index contributed by atoms with van der Waals surface area (Å²) in [5.74, 6) is 0.168. The molecule has 0 radical (unpaired) electrons. The van der Waals surface area contributed by atoms with Gasteiger partial charge < -0.3 is 14.0 Å². The minimum Gasteiger partial charge on any atom is -0.337 e. The lowest BCUT2D eigenvalue weighted by Gasteiger charge is -2.23. The van der Waals surface area contributed by atoms with Gasteiger partial charge in [-0.1, -0.05) is 60.7 Å². The number of aromatic nitrogens is 4. The number of imidazole rings is 2. The summed E-state index contributed by atoms with van der Waals surface area (Å²) in [6.07, 6.45) is 11.7. The van der Waals surface area contributed by atoms with Crippen molar-refractivity contribution in [1.82, 2.24) is 38.7 Å². The predicted octanol–water partition coefficient (Wildman–Crippen LogP) is 7.57. The van der Waals surface area contributed by atoms with E-state index in [4.69, 9.17) is 0 Å². The summed E-state index contributed by atoms with van der Waals surface area (Å²) in [6.45, 7) is 12.0. The molecular weight excluding hydrogens is 716 g/mol. The Bertz CT molecular complexity index is 2180. The first kappa shape index (κ1) is 38.3. The third kappa shape index (κ3) is 8.71. The van der Waals surface area contributed by atoms with Crippen LogP contribution in [0.4, 0.5) is 0 Å². The molecule has 0 N–H and O–H groups in total. The highest BCUT2D eigenvalue weighted by molar-refractivity contribution is 5.94. The molecule has 6 aromatic rings. The van der Waals surface area contributed by atoms with Crippen molar-refractivity contribution in [2.75, 3.05) is 52.4 Å². The molecule has 0 saturated carbocycles. The summed E-state index contributed by atoms with van der Waals surface area (Å²) < 4.78 is 4.37. The second kappa shape index (κ2) is 17.7. The van der Waals surface area contributed by atoms with Gasteiger partial charge in [0.1, 0.15) is 0 Å². The zero-order valence-electron chi connectivity index (χ0n) is 32.5. The van der Waals surface area contributed by atoms with Gasteiger partial charge in [0.25, 0.3) is 5.91 Å². The maximum Gasteiger partial charge on any atom is 0.253 e. The highest BCUT2D eigenvalue weighted by Crippen LogP contribution is 2.24. The van der Waals surface area contributed by atoms with Crippen LogP contribution in [0.25, 0.3) is 22.1 Å². The second-order valence-electron chi connectivity index (χ2n) is 16.1. The fourth-order valence-electron chi connectivity index (χ4n) is 9.30. The van der Waals surface area contributed by atoms with Gasteiger partial charge in [-0.25, -0.2) is 9.97 Å². The molecule has 10 rings (SSSR count). The summed E-state index contributed by atoms with van der Waals surface area (Å²) in [7, 11) is 0. The van der Waals surface area contributed by atoms with E-state index in [0.717, 1.165) is 67.3 Å². The van der Waals surface area contributed by atoms with Crippen LogP contribution in [-0.4, -0.2) is 109 Å². The summed E-state index contributed by atoms with van der Waals surface area (Å²) in [5.41, 5.74) is 9.14. The van der Waals surface area contributed by atoms with Crippen molar-refractivity contribution >= 4 is 40.4 Å². The van der Waals surface area contributed by atoms with Gasteiger partial charge in [-0.2, -0.15) is 0 Å². The highest BCUT2D eigenvalue weighted by atomic mass is 35.5. The minimum atomic E-state index is 0. The minimum absolute atomic E-state index is 0. The number of nitrogens with zero attached hydrogens (tertiary/aromatic N) is 8. The first-order valence-corrected chi connectivity index (χ1v) is 20.6. The average molecular weight is 771 g/mol. The summed E-state index contributed by atoms with van der Waals surface area (Å²) in [5, 5.41) is 0. The van der Waals surface area contributed by atoms with Crippen molar-refractivity contribution in [1.29, 1.82) is 0 Å². The van der Waals surface area contributed by atoms with Crippen LogP contribution in [0.15, 0.2) is 110 Å². The van der Waals surface area contributed by atoms with E-state index in [-0.39, 0.29) is 18.3 Å². The summed E-state index contributed by atoms with van der Waals surface area (Å²) >= 11 is 0. The van der Waals surface area contributed by atoms with E-state index in [1.807, 2.05) is 54.0 Å². The number of rotatable bonds is 9. The lowest BCUT2D eigenvalue weighted by molar-refractivity contribution is 0.0780. The van der Waals surface area contributed by atoms with Crippen molar-refractivity contribution in [3.8, 4) is 0 Å². The van der Waals surface area contributed by atoms with E-state index in [1.54, 1.807) is 0 Å². The van der Waals surface area contributed by atoms with Crippen molar-refractivity contribution in [2.45, 2.75) is 70.2 Å². The Balaban J connectivity index is 0.000000155. The number of benzene rings is 4. The molecule has 2 aromatic heterocycles. The van der Waals surface area contributed by atoms with Crippen molar-refractivity contribution in [3.63, 3.8) is 0 Å². The number of halogens is 1. The van der Waals surface area contributed by atoms with Crippen molar-refractivity contribution < 1.29 is 4.79 Å². The van der Waals surface area contributed by atoms with Crippen LogP contribution in [0, 0.1) is 0 Å². The molecule has 10 heteroatoms. The second-order valence-corrected chi connectivity index (χ2v) is 16.1. The van der Waals surface area contributed by atoms with Crippen LogP contribution in [0.3, 0.4) is 0 Å². The van der Waals surface area contributed by atoms with E-state index in [0.29, 0.717) is 6.04 Å². The summed E-state index contributed by atoms with van der Waals surface area (Å²) in [4.78, 5) is 31.8. The third-order valence-electron chi connectivity index (χ3n) is 12.4. The zero-order valence-corrected chi connectivity index (χ0v) is 33.3. The number of para-hydroxylation sites is 4. The number of fused-ring (bicyclic) bond motifs is 2. The Morgan fingerprint density at radius 3 is 1.55 bits per heavy atom. The predicted molar refractivity (Wildman–Crippen MR) is 227 cm³/mol. The standard InChI is InChI=1S/C23H26N4O.C23H28N4.ClH/c28-23(26-14-11-20(16-26)25-12-3-4-13-25)19-9-7-18(8-10-19)15-27-17-24-21-5-1-2-6-22(21)27;1-2-6-23-22(5-1)24-18-27(23)16-20-9-7-19(8-10-20)15-25-14-11-21(17-25)26-12-3-4-13-26;/h1-2,5-10,17,20H,3-4,11-16H2;1-2,5-10,18,21H,3-4,11-17H2;1H. The summed E-state index contributed by atoms with van der Waals surface area (Å²) in [6, 6.07) is 35.1.